The molecule has 82 valence electrons. The van der Waals surface area contributed by atoms with Gasteiger partial charge in [0.2, 0.25) is 0 Å². The average molecular weight is 232 g/mol. The summed E-state index contributed by atoms with van der Waals surface area (Å²) in [5.74, 6) is -1.46. The molecule has 0 saturated heterocycles. The Hall–Kier alpha value is -1.13. The Morgan fingerprint density at radius 2 is 2.33 bits per heavy atom. The van der Waals surface area contributed by atoms with Crippen molar-refractivity contribution in [1.29, 1.82) is 0 Å². The van der Waals surface area contributed by atoms with Gasteiger partial charge in [0.15, 0.2) is 0 Å². The van der Waals surface area contributed by atoms with Crippen LogP contribution in [0.15, 0.2) is 18.2 Å². The van der Waals surface area contributed by atoms with Gasteiger partial charge in [-0.3, -0.25) is 4.79 Å². The zero-order chi connectivity index (χ0) is 11.4. The topological polar surface area (TPSA) is 49.3 Å². The Balaban J connectivity index is 2.66. The molecule has 1 aromatic rings. The first-order valence-electron chi connectivity index (χ1n) is 4.41. The molecule has 1 rings (SSSR count). The number of aliphatic carboxylic acids is 1. The standard InChI is InChI=1S/C10H11ClFNO2/c1-6(10(14)15)13-5-7-3-2-4-8(12)9(7)11/h2-4,6,13H,5H2,1H3,(H,14,15)/t6-/m1/s1. The van der Waals surface area contributed by atoms with Gasteiger partial charge in [-0.05, 0) is 18.6 Å². The van der Waals surface area contributed by atoms with Crippen molar-refractivity contribution in [3.8, 4) is 0 Å². The molecule has 0 amide bonds. The molecule has 15 heavy (non-hydrogen) atoms. The summed E-state index contributed by atoms with van der Waals surface area (Å²) in [4.78, 5) is 10.5. The smallest absolute Gasteiger partial charge is 0.320 e. The molecule has 1 aromatic carbocycles. The van der Waals surface area contributed by atoms with E-state index in [-0.39, 0.29) is 11.6 Å². The molecule has 0 unspecified atom stereocenters. The zero-order valence-electron chi connectivity index (χ0n) is 8.13. The van der Waals surface area contributed by atoms with E-state index < -0.39 is 17.8 Å². The molecule has 0 heterocycles. The number of rotatable bonds is 4. The summed E-state index contributed by atoms with van der Waals surface area (Å²) >= 11 is 5.69. The highest BCUT2D eigenvalue weighted by Gasteiger charge is 2.11. The van der Waals surface area contributed by atoms with Gasteiger partial charge < -0.3 is 10.4 Å². The first-order valence-corrected chi connectivity index (χ1v) is 4.79. The van der Waals surface area contributed by atoms with Crippen LogP contribution in [0.4, 0.5) is 4.39 Å². The van der Waals surface area contributed by atoms with E-state index in [0.717, 1.165) is 0 Å². The quantitative estimate of drug-likeness (QED) is 0.834. The minimum absolute atomic E-state index is 0.0302. The summed E-state index contributed by atoms with van der Waals surface area (Å²) < 4.78 is 13.0. The Kier molecular flexibility index (Phi) is 4.05. The summed E-state index contributed by atoms with van der Waals surface area (Å²) in [6.07, 6.45) is 0. The summed E-state index contributed by atoms with van der Waals surface area (Å²) in [7, 11) is 0. The van der Waals surface area contributed by atoms with Gasteiger partial charge in [0.1, 0.15) is 11.9 Å². The van der Waals surface area contributed by atoms with E-state index in [1.807, 2.05) is 0 Å². The second kappa shape index (κ2) is 5.09. The van der Waals surface area contributed by atoms with Crippen LogP contribution in [0, 0.1) is 5.82 Å². The van der Waals surface area contributed by atoms with Gasteiger partial charge in [0.05, 0.1) is 5.02 Å². The molecule has 1 atom stereocenters. The van der Waals surface area contributed by atoms with Crippen LogP contribution in [0.25, 0.3) is 0 Å². The average Bonchev–Trinajstić information content (AvgIpc) is 2.19. The zero-order valence-corrected chi connectivity index (χ0v) is 8.88. The van der Waals surface area contributed by atoms with Crippen LogP contribution in [-0.4, -0.2) is 17.1 Å². The molecule has 5 heteroatoms. The normalized spacial score (nSPS) is 12.5. The van der Waals surface area contributed by atoms with Gasteiger partial charge in [0, 0.05) is 6.54 Å². The highest BCUT2D eigenvalue weighted by molar-refractivity contribution is 6.31. The van der Waals surface area contributed by atoms with Crippen molar-refractivity contribution in [2.75, 3.05) is 0 Å². The maximum atomic E-state index is 13.0. The SMILES string of the molecule is C[C@@H](NCc1cccc(F)c1Cl)C(=O)O. The third-order valence-corrected chi connectivity index (χ3v) is 2.42. The number of halogens is 2. The van der Waals surface area contributed by atoms with E-state index in [2.05, 4.69) is 5.32 Å². The molecule has 3 nitrogen and oxygen atoms in total. The fourth-order valence-corrected chi connectivity index (χ4v) is 1.23. The van der Waals surface area contributed by atoms with Gasteiger partial charge >= 0.3 is 5.97 Å². The third-order valence-electron chi connectivity index (χ3n) is 2.00. The molecule has 0 saturated carbocycles. The highest BCUT2D eigenvalue weighted by Crippen LogP contribution is 2.19. The van der Waals surface area contributed by atoms with E-state index in [1.54, 1.807) is 6.07 Å². The van der Waals surface area contributed by atoms with E-state index in [1.165, 1.54) is 19.1 Å². The van der Waals surface area contributed by atoms with Crippen LogP contribution in [0.5, 0.6) is 0 Å². The highest BCUT2D eigenvalue weighted by atomic mass is 35.5. The van der Waals surface area contributed by atoms with Crippen molar-refractivity contribution in [3.63, 3.8) is 0 Å². The lowest BCUT2D eigenvalue weighted by Gasteiger charge is -2.10. The summed E-state index contributed by atoms with van der Waals surface area (Å²) in [6.45, 7) is 1.74. The number of nitrogens with one attached hydrogen (secondary N) is 1. The molecular weight excluding hydrogens is 221 g/mol. The Morgan fingerprint density at radius 1 is 1.67 bits per heavy atom. The molecule has 0 aliphatic carbocycles. The van der Waals surface area contributed by atoms with E-state index >= 15 is 0 Å². The van der Waals surface area contributed by atoms with Gasteiger partial charge in [-0.2, -0.15) is 0 Å². The predicted molar refractivity (Wildman–Crippen MR) is 55.3 cm³/mol. The van der Waals surface area contributed by atoms with Gasteiger partial charge in [-0.15, -0.1) is 0 Å². The second-order valence-electron chi connectivity index (χ2n) is 3.15. The van der Waals surface area contributed by atoms with Gasteiger partial charge in [-0.25, -0.2) is 4.39 Å². The summed E-state index contributed by atoms with van der Waals surface area (Å²) in [6, 6.07) is 3.74. The Labute approximate surface area is 91.9 Å². The number of benzene rings is 1. The van der Waals surface area contributed by atoms with Gasteiger partial charge in [0.25, 0.3) is 0 Å². The number of carbonyl (C=O) groups is 1. The second-order valence-corrected chi connectivity index (χ2v) is 3.53. The lowest BCUT2D eigenvalue weighted by molar-refractivity contribution is -0.139. The molecule has 0 aliphatic rings. The van der Waals surface area contributed by atoms with Crippen molar-refractivity contribution in [2.45, 2.75) is 19.5 Å². The first-order chi connectivity index (χ1) is 7.02. The largest absolute Gasteiger partial charge is 0.480 e. The Morgan fingerprint density at radius 3 is 2.93 bits per heavy atom. The maximum absolute atomic E-state index is 13.0. The van der Waals surface area contributed by atoms with Crippen molar-refractivity contribution in [1.82, 2.24) is 5.32 Å². The molecule has 0 radical (unpaired) electrons. The number of carboxylic acid groups (broad SMARTS) is 1. The van der Waals surface area contributed by atoms with Crippen LogP contribution in [0.3, 0.4) is 0 Å². The lowest BCUT2D eigenvalue weighted by atomic mass is 10.2. The predicted octanol–water partition coefficient (Wildman–Crippen LogP) is 2.04. The fourth-order valence-electron chi connectivity index (χ4n) is 1.04. The Bertz CT molecular complexity index is 370. The van der Waals surface area contributed by atoms with E-state index in [0.29, 0.717) is 5.56 Å². The molecule has 0 bridgehead atoms. The van der Waals surface area contributed by atoms with E-state index in [9.17, 15) is 9.18 Å². The summed E-state index contributed by atoms with van der Waals surface area (Å²) in [5.41, 5.74) is 0.546. The monoisotopic (exact) mass is 231 g/mol. The third kappa shape index (κ3) is 3.18. The van der Waals surface area contributed by atoms with Crippen LogP contribution in [0.1, 0.15) is 12.5 Å². The summed E-state index contributed by atoms with van der Waals surface area (Å²) in [5, 5.41) is 11.4. The van der Waals surface area contributed by atoms with Crippen molar-refractivity contribution < 1.29 is 14.3 Å². The van der Waals surface area contributed by atoms with Crippen molar-refractivity contribution in [3.05, 3.63) is 34.6 Å². The minimum atomic E-state index is -0.956. The molecule has 0 spiro atoms. The maximum Gasteiger partial charge on any atom is 0.320 e. The molecular formula is C10H11ClFNO2. The van der Waals surface area contributed by atoms with E-state index in [4.69, 9.17) is 16.7 Å². The molecule has 2 N–H and O–H groups in total. The number of hydrogen-bond donors (Lipinski definition) is 2. The van der Waals surface area contributed by atoms with Crippen LogP contribution >= 0.6 is 11.6 Å². The van der Waals surface area contributed by atoms with Crippen molar-refractivity contribution in [2.24, 2.45) is 0 Å². The minimum Gasteiger partial charge on any atom is -0.480 e. The van der Waals surface area contributed by atoms with Gasteiger partial charge in [-0.1, -0.05) is 23.7 Å². The number of hydrogen-bond acceptors (Lipinski definition) is 2. The van der Waals surface area contributed by atoms with Crippen LogP contribution in [-0.2, 0) is 11.3 Å². The van der Waals surface area contributed by atoms with Crippen molar-refractivity contribution >= 4 is 17.6 Å². The fraction of sp³-hybridized carbons (Fsp3) is 0.300. The number of carboxylic acids is 1. The van der Waals surface area contributed by atoms with Crippen LogP contribution < -0.4 is 5.32 Å². The molecule has 0 aromatic heterocycles. The first kappa shape index (κ1) is 11.9. The van der Waals surface area contributed by atoms with Crippen LogP contribution in [0.2, 0.25) is 5.02 Å². The molecule has 0 fully saturated rings. The lowest BCUT2D eigenvalue weighted by Crippen LogP contribution is -2.33. The molecule has 0 aliphatic heterocycles.